The van der Waals surface area contributed by atoms with E-state index < -0.39 is 0 Å². The van der Waals surface area contributed by atoms with Gasteiger partial charge in [0, 0.05) is 17.9 Å². The van der Waals surface area contributed by atoms with E-state index in [1.807, 2.05) is 36.4 Å². The summed E-state index contributed by atoms with van der Waals surface area (Å²) in [6, 6.07) is 9.66. The lowest BCUT2D eigenvalue weighted by Crippen LogP contribution is -2.58. The van der Waals surface area contributed by atoms with Crippen LogP contribution in [0.4, 0.5) is 0 Å². The van der Waals surface area contributed by atoms with Crippen LogP contribution in [-0.2, 0) is 9.53 Å². The molecule has 3 nitrogen and oxygen atoms in total. The first-order chi connectivity index (χ1) is 17.9. The van der Waals surface area contributed by atoms with E-state index in [9.17, 15) is 9.59 Å². The maximum atomic E-state index is 12.8. The number of allylic oxidation sites excluding steroid dienone is 2. The summed E-state index contributed by atoms with van der Waals surface area (Å²) in [5.74, 6) is 2.51. The van der Waals surface area contributed by atoms with E-state index in [1.54, 1.807) is 6.92 Å². The van der Waals surface area contributed by atoms with E-state index in [2.05, 4.69) is 40.7 Å². The molecule has 0 bridgehead atoms. The van der Waals surface area contributed by atoms with Crippen LogP contribution in [-0.4, -0.2) is 17.9 Å². The van der Waals surface area contributed by atoms with Crippen molar-refractivity contribution in [3.63, 3.8) is 0 Å². The van der Waals surface area contributed by atoms with E-state index in [4.69, 9.17) is 4.74 Å². The van der Waals surface area contributed by atoms with Gasteiger partial charge in [-0.3, -0.25) is 9.59 Å². The monoisotopic (exact) mass is 516 g/mol. The summed E-state index contributed by atoms with van der Waals surface area (Å²) in [5, 5.41) is 0. The second-order valence-electron chi connectivity index (χ2n) is 15.1. The van der Waals surface area contributed by atoms with Crippen LogP contribution in [0.1, 0.15) is 110 Å². The number of hydrogen-bond acceptors (Lipinski definition) is 3. The Labute approximate surface area is 230 Å². The van der Waals surface area contributed by atoms with Crippen LogP contribution in [0.25, 0.3) is 0 Å². The molecule has 2 spiro atoms. The molecule has 0 amide bonds. The third-order valence-electron chi connectivity index (χ3n) is 13.7. The van der Waals surface area contributed by atoms with Crippen LogP contribution >= 0.6 is 0 Å². The Morgan fingerprint density at radius 2 is 1.55 bits per heavy atom. The lowest BCUT2D eigenvalue weighted by atomic mass is 9.42. The van der Waals surface area contributed by atoms with Crippen LogP contribution in [0.15, 0.2) is 42.5 Å². The van der Waals surface area contributed by atoms with Gasteiger partial charge in [0.1, 0.15) is 6.10 Å². The average molecular weight is 517 g/mol. The number of ether oxygens (including phenoxy) is 1. The molecule has 1 aromatic rings. The van der Waals surface area contributed by atoms with Gasteiger partial charge < -0.3 is 4.74 Å². The van der Waals surface area contributed by atoms with Gasteiger partial charge in [0.15, 0.2) is 5.78 Å². The van der Waals surface area contributed by atoms with Crippen LogP contribution in [0, 0.1) is 50.7 Å². The fourth-order valence-electron chi connectivity index (χ4n) is 11.7. The van der Waals surface area contributed by atoms with E-state index in [0.717, 1.165) is 17.9 Å². The number of carbonyl (C=O) groups is 2. The summed E-state index contributed by atoms with van der Waals surface area (Å²) >= 11 is 0. The average Bonchev–Trinajstić information content (AvgIpc) is 3.46. The molecule has 9 unspecified atom stereocenters. The maximum Gasteiger partial charge on any atom is 0.302 e. The van der Waals surface area contributed by atoms with E-state index >= 15 is 0 Å². The molecule has 6 rings (SSSR count). The number of carbonyl (C=O) groups excluding carboxylic acids is 2. The quantitative estimate of drug-likeness (QED) is 0.224. The molecule has 1 aromatic carbocycles. The fraction of sp³-hybridized carbons (Fsp3) is 0.714. The summed E-state index contributed by atoms with van der Waals surface area (Å²) in [6.07, 6.45) is 15.7. The van der Waals surface area contributed by atoms with Crippen molar-refractivity contribution in [3.8, 4) is 0 Å². The molecule has 5 aliphatic rings. The zero-order valence-corrected chi connectivity index (χ0v) is 24.5. The molecule has 206 valence electrons. The predicted molar refractivity (Wildman–Crippen MR) is 152 cm³/mol. The van der Waals surface area contributed by atoms with Crippen molar-refractivity contribution in [2.75, 3.05) is 0 Å². The maximum absolute atomic E-state index is 12.8. The minimum Gasteiger partial charge on any atom is -0.462 e. The molecule has 0 heterocycles. The molecule has 38 heavy (non-hydrogen) atoms. The van der Waals surface area contributed by atoms with Crippen molar-refractivity contribution < 1.29 is 14.3 Å². The van der Waals surface area contributed by atoms with Crippen LogP contribution in [0.5, 0.6) is 0 Å². The summed E-state index contributed by atoms with van der Waals surface area (Å²) in [5.41, 5.74) is 2.49. The third-order valence-corrected chi connectivity index (χ3v) is 13.7. The summed E-state index contributed by atoms with van der Waals surface area (Å²) < 4.78 is 5.90. The first-order valence-electron chi connectivity index (χ1n) is 15.4. The number of fused-ring (bicyclic) bond motifs is 2. The zero-order valence-electron chi connectivity index (χ0n) is 24.5. The zero-order chi connectivity index (χ0) is 27.1. The van der Waals surface area contributed by atoms with Gasteiger partial charge in [-0.2, -0.15) is 0 Å². The minimum absolute atomic E-state index is 0.0584. The largest absolute Gasteiger partial charge is 0.462 e. The van der Waals surface area contributed by atoms with Gasteiger partial charge >= 0.3 is 5.97 Å². The van der Waals surface area contributed by atoms with E-state index in [1.165, 1.54) is 51.4 Å². The highest BCUT2D eigenvalue weighted by Gasteiger charge is 2.82. The Balaban J connectivity index is 1.23. The molecule has 0 N–H and O–H groups in total. The number of benzene rings is 1. The first-order valence-corrected chi connectivity index (χ1v) is 15.4. The van der Waals surface area contributed by atoms with Gasteiger partial charge in [-0.25, -0.2) is 0 Å². The molecule has 5 fully saturated rings. The molecule has 5 saturated carbocycles. The molecule has 5 aliphatic carbocycles. The number of rotatable bonds is 5. The Hall–Kier alpha value is -1.90. The van der Waals surface area contributed by atoms with Gasteiger partial charge in [-0.05, 0) is 109 Å². The molecular weight excluding hydrogens is 468 g/mol. The number of ketones is 1. The van der Waals surface area contributed by atoms with Crippen molar-refractivity contribution in [1.82, 2.24) is 0 Å². The molecule has 0 saturated heterocycles. The van der Waals surface area contributed by atoms with Crippen molar-refractivity contribution in [2.24, 2.45) is 50.7 Å². The van der Waals surface area contributed by atoms with Crippen LogP contribution in [0.3, 0.4) is 0 Å². The minimum atomic E-state index is -0.121. The second kappa shape index (κ2) is 8.55. The van der Waals surface area contributed by atoms with Crippen molar-refractivity contribution in [2.45, 2.75) is 105 Å². The molecule has 9 atom stereocenters. The molecule has 0 aromatic heterocycles. The van der Waals surface area contributed by atoms with Crippen LogP contribution in [0.2, 0.25) is 0 Å². The topological polar surface area (TPSA) is 43.4 Å². The highest BCUT2D eigenvalue weighted by atomic mass is 16.5. The normalized spacial score (nSPS) is 45.3. The van der Waals surface area contributed by atoms with Gasteiger partial charge in [-0.15, -0.1) is 0 Å². The van der Waals surface area contributed by atoms with E-state index in [-0.39, 0.29) is 23.3 Å². The summed E-state index contributed by atoms with van der Waals surface area (Å²) in [6.45, 7) is 14.0. The molecular formula is C35H48O3. The molecule has 0 aliphatic heterocycles. The summed E-state index contributed by atoms with van der Waals surface area (Å²) in [4.78, 5) is 24.7. The predicted octanol–water partition coefficient (Wildman–Crippen LogP) is 8.43. The second-order valence-corrected chi connectivity index (χ2v) is 15.1. The SMILES string of the molecule is CC(=O)OC1CCC23CC24CCC2(C)C(C(C)/C=C/C(=O)c5ccccc5)CCC2(C)C4CCC3C1(C)C. The lowest BCUT2D eigenvalue weighted by Gasteiger charge is -2.63. The Morgan fingerprint density at radius 3 is 2.26 bits per heavy atom. The lowest BCUT2D eigenvalue weighted by molar-refractivity contribution is -0.181. The first kappa shape index (κ1) is 26.3. The van der Waals surface area contributed by atoms with Crippen molar-refractivity contribution in [1.29, 1.82) is 0 Å². The summed E-state index contributed by atoms with van der Waals surface area (Å²) in [7, 11) is 0. The third kappa shape index (κ3) is 3.38. The smallest absolute Gasteiger partial charge is 0.302 e. The highest BCUT2D eigenvalue weighted by Crippen LogP contribution is 2.89. The standard InChI is InChI=1S/C35H48O3/c1-23(12-13-27(37)25-10-8-7-9-11-25)26-16-18-33(6)29-15-14-28-31(3,4)30(38-24(2)36)17-19-34(28)22-35(29,34)21-20-32(26,33)5/h7-13,23,26,28-30H,14-22H2,1-6H3/b13-12+. The number of hydrogen-bond donors (Lipinski definition) is 0. The van der Waals surface area contributed by atoms with Gasteiger partial charge in [0.2, 0.25) is 0 Å². The van der Waals surface area contributed by atoms with E-state index in [0.29, 0.717) is 39.4 Å². The van der Waals surface area contributed by atoms with Crippen LogP contribution < -0.4 is 0 Å². The Morgan fingerprint density at radius 1 is 0.868 bits per heavy atom. The number of esters is 1. The fourth-order valence-corrected chi connectivity index (χ4v) is 11.7. The van der Waals surface area contributed by atoms with Gasteiger partial charge in [0.25, 0.3) is 0 Å². The Bertz CT molecular complexity index is 1150. The van der Waals surface area contributed by atoms with Crippen molar-refractivity contribution in [3.05, 3.63) is 48.0 Å². The Kier molecular flexibility index (Phi) is 5.92. The molecule has 3 heteroatoms. The van der Waals surface area contributed by atoms with Gasteiger partial charge in [-0.1, -0.05) is 71.0 Å². The highest BCUT2D eigenvalue weighted by molar-refractivity contribution is 6.04. The van der Waals surface area contributed by atoms with Gasteiger partial charge in [0.05, 0.1) is 0 Å². The van der Waals surface area contributed by atoms with Crippen molar-refractivity contribution >= 4 is 11.8 Å². The molecule has 0 radical (unpaired) electrons.